The molecule has 0 saturated carbocycles. The fourth-order valence-electron chi connectivity index (χ4n) is 2.71. The van der Waals surface area contributed by atoms with Crippen LogP contribution in [0.4, 0.5) is 11.4 Å². The zero-order valence-electron chi connectivity index (χ0n) is 13.3. The number of ether oxygens (including phenoxy) is 1. The Morgan fingerprint density at radius 2 is 1.84 bits per heavy atom. The zero-order chi connectivity index (χ0) is 17.8. The monoisotopic (exact) mass is 340 g/mol. The Hall–Kier alpha value is -3.22. The molecule has 3 rings (SSSR count). The number of carbonyl (C=O) groups is 2. The minimum absolute atomic E-state index is 0.0185. The van der Waals surface area contributed by atoms with Crippen LogP contribution < -0.4 is 4.90 Å². The van der Waals surface area contributed by atoms with Gasteiger partial charge in [0.25, 0.3) is 5.69 Å². The first-order valence-electron chi connectivity index (χ1n) is 7.80. The van der Waals surface area contributed by atoms with Crippen LogP contribution in [0.3, 0.4) is 0 Å². The molecule has 0 N–H and O–H groups in total. The molecule has 1 heterocycles. The van der Waals surface area contributed by atoms with E-state index in [0.29, 0.717) is 12.1 Å². The smallest absolute Gasteiger partial charge is 0.311 e. The highest BCUT2D eigenvalue weighted by atomic mass is 16.6. The third-order valence-corrected chi connectivity index (χ3v) is 4.05. The molecule has 128 valence electrons. The Kier molecular flexibility index (Phi) is 4.74. The molecule has 0 bridgehead atoms. The van der Waals surface area contributed by atoms with Crippen molar-refractivity contribution in [3.8, 4) is 0 Å². The number of hydrogen-bond donors (Lipinski definition) is 0. The van der Waals surface area contributed by atoms with Gasteiger partial charge in [0.1, 0.15) is 6.61 Å². The highest BCUT2D eigenvalue weighted by Crippen LogP contribution is 2.26. The summed E-state index contributed by atoms with van der Waals surface area (Å²) < 4.78 is 5.26. The quantitative estimate of drug-likeness (QED) is 0.474. The number of hydrogen-bond acceptors (Lipinski definition) is 5. The SMILES string of the molecule is O=C(OCc1ccc([N+](=O)[O-])cc1)[C@H]1CC(=O)N(c2ccccc2)C1. The van der Waals surface area contributed by atoms with Crippen LogP contribution in [0, 0.1) is 16.0 Å². The Morgan fingerprint density at radius 1 is 1.16 bits per heavy atom. The molecule has 1 saturated heterocycles. The van der Waals surface area contributed by atoms with E-state index in [9.17, 15) is 19.7 Å². The molecular weight excluding hydrogens is 324 g/mol. The number of non-ortho nitro benzene ring substituents is 1. The first-order chi connectivity index (χ1) is 12.0. The number of nitro groups is 1. The second-order valence-corrected chi connectivity index (χ2v) is 5.77. The highest BCUT2D eigenvalue weighted by Gasteiger charge is 2.36. The predicted octanol–water partition coefficient (Wildman–Crippen LogP) is 2.69. The molecule has 1 fully saturated rings. The normalized spacial score (nSPS) is 16.7. The van der Waals surface area contributed by atoms with Crippen LogP contribution >= 0.6 is 0 Å². The maximum Gasteiger partial charge on any atom is 0.311 e. The number of nitrogens with zero attached hydrogens (tertiary/aromatic N) is 2. The summed E-state index contributed by atoms with van der Waals surface area (Å²) in [5.74, 6) is -1.06. The number of para-hydroxylation sites is 1. The van der Waals surface area contributed by atoms with Crippen LogP contribution in [-0.4, -0.2) is 23.3 Å². The Labute approximate surface area is 144 Å². The maximum absolute atomic E-state index is 12.2. The molecule has 0 radical (unpaired) electrons. The summed E-state index contributed by atoms with van der Waals surface area (Å²) in [6.45, 7) is 0.314. The van der Waals surface area contributed by atoms with Gasteiger partial charge in [0.05, 0.1) is 10.8 Å². The van der Waals surface area contributed by atoms with E-state index in [1.807, 2.05) is 30.3 Å². The zero-order valence-corrected chi connectivity index (χ0v) is 13.3. The van der Waals surface area contributed by atoms with Gasteiger partial charge >= 0.3 is 5.97 Å². The standard InChI is InChI=1S/C18H16N2O5/c21-17-10-14(11-19(17)15-4-2-1-3-5-15)18(22)25-12-13-6-8-16(9-7-13)20(23)24/h1-9,14H,10-12H2/t14-/m0/s1. The van der Waals surface area contributed by atoms with Gasteiger partial charge < -0.3 is 9.64 Å². The first-order valence-corrected chi connectivity index (χ1v) is 7.80. The van der Waals surface area contributed by atoms with E-state index in [4.69, 9.17) is 4.74 Å². The molecule has 7 heteroatoms. The van der Waals surface area contributed by atoms with Gasteiger partial charge in [-0.2, -0.15) is 0 Å². The van der Waals surface area contributed by atoms with Gasteiger partial charge in [0, 0.05) is 30.8 Å². The Bertz CT molecular complexity index is 789. The molecule has 0 aliphatic carbocycles. The lowest BCUT2D eigenvalue weighted by Gasteiger charge is -2.16. The molecule has 0 aromatic heterocycles. The van der Waals surface area contributed by atoms with E-state index in [1.165, 1.54) is 12.1 Å². The fraction of sp³-hybridized carbons (Fsp3) is 0.222. The molecule has 2 aromatic rings. The van der Waals surface area contributed by atoms with Gasteiger partial charge in [-0.05, 0) is 29.8 Å². The summed E-state index contributed by atoms with van der Waals surface area (Å²) >= 11 is 0. The van der Waals surface area contributed by atoms with Gasteiger partial charge in [-0.15, -0.1) is 0 Å². The van der Waals surface area contributed by atoms with Gasteiger partial charge in [-0.3, -0.25) is 19.7 Å². The van der Waals surface area contributed by atoms with E-state index in [0.717, 1.165) is 5.69 Å². The average Bonchev–Trinajstić information content (AvgIpc) is 3.02. The lowest BCUT2D eigenvalue weighted by atomic mass is 10.1. The summed E-state index contributed by atoms with van der Waals surface area (Å²) in [6.07, 6.45) is 0.119. The average molecular weight is 340 g/mol. The minimum atomic E-state index is -0.509. The van der Waals surface area contributed by atoms with E-state index < -0.39 is 16.8 Å². The van der Waals surface area contributed by atoms with E-state index >= 15 is 0 Å². The topological polar surface area (TPSA) is 89.7 Å². The number of carbonyl (C=O) groups excluding carboxylic acids is 2. The number of anilines is 1. The molecule has 2 aromatic carbocycles. The number of esters is 1. The van der Waals surface area contributed by atoms with Crippen LogP contribution in [0.1, 0.15) is 12.0 Å². The second kappa shape index (κ2) is 7.12. The largest absolute Gasteiger partial charge is 0.461 e. The van der Waals surface area contributed by atoms with E-state index in [2.05, 4.69) is 0 Å². The molecule has 1 aliphatic heterocycles. The summed E-state index contributed by atoms with van der Waals surface area (Å²) in [6, 6.07) is 15.0. The first kappa shape index (κ1) is 16.6. The number of rotatable bonds is 5. The summed E-state index contributed by atoms with van der Waals surface area (Å²) in [5.41, 5.74) is 1.40. The molecule has 0 unspecified atom stereocenters. The highest BCUT2D eigenvalue weighted by molar-refractivity contribution is 5.99. The Balaban J connectivity index is 1.57. The van der Waals surface area contributed by atoms with E-state index in [-0.39, 0.29) is 24.6 Å². The molecule has 25 heavy (non-hydrogen) atoms. The minimum Gasteiger partial charge on any atom is -0.461 e. The van der Waals surface area contributed by atoms with Gasteiger partial charge in [-0.1, -0.05) is 18.2 Å². The maximum atomic E-state index is 12.2. The number of amides is 1. The molecule has 1 atom stereocenters. The molecule has 1 aliphatic rings. The summed E-state index contributed by atoms with van der Waals surface area (Å²) in [4.78, 5) is 36.0. The number of nitro benzene ring substituents is 1. The van der Waals surface area contributed by atoms with Crippen molar-refractivity contribution in [1.29, 1.82) is 0 Å². The van der Waals surface area contributed by atoms with Crippen LogP contribution in [0.15, 0.2) is 54.6 Å². The van der Waals surface area contributed by atoms with Crippen molar-refractivity contribution in [2.75, 3.05) is 11.4 Å². The molecule has 1 amide bonds. The van der Waals surface area contributed by atoms with Crippen molar-refractivity contribution in [1.82, 2.24) is 0 Å². The van der Waals surface area contributed by atoms with Gasteiger partial charge in [0.2, 0.25) is 5.91 Å². The lowest BCUT2D eigenvalue weighted by molar-refractivity contribution is -0.384. The van der Waals surface area contributed by atoms with Crippen LogP contribution in [0.5, 0.6) is 0 Å². The lowest BCUT2D eigenvalue weighted by Crippen LogP contribution is -2.26. The predicted molar refractivity (Wildman–Crippen MR) is 89.8 cm³/mol. The third kappa shape index (κ3) is 3.82. The fourth-order valence-corrected chi connectivity index (χ4v) is 2.71. The van der Waals surface area contributed by atoms with Crippen molar-refractivity contribution >= 4 is 23.3 Å². The molecule has 0 spiro atoms. The van der Waals surface area contributed by atoms with Crippen molar-refractivity contribution in [2.45, 2.75) is 13.0 Å². The van der Waals surface area contributed by atoms with E-state index in [1.54, 1.807) is 17.0 Å². The summed E-state index contributed by atoms with van der Waals surface area (Å²) in [5, 5.41) is 10.6. The van der Waals surface area contributed by atoms with Crippen molar-refractivity contribution in [3.63, 3.8) is 0 Å². The van der Waals surface area contributed by atoms with Crippen molar-refractivity contribution in [3.05, 3.63) is 70.3 Å². The van der Waals surface area contributed by atoms with Crippen LogP contribution in [0.25, 0.3) is 0 Å². The summed E-state index contributed by atoms with van der Waals surface area (Å²) in [7, 11) is 0. The van der Waals surface area contributed by atoms with Gasteiger partial charge in [-0.25, -0.2) is 0 Å². The van der Waals surface area contributed by atoms with Crippen LogP contribution in [-0.2, 0) is 20.9 Å². The molecule has 7 nitrogen and oxygen atoms in total. The number of benzene rings is 2. The van der Waals surface area contributed by atoms with Gasteiger partial charge in [0.15, 0.2) is 0 Å². The van der Waals surface area contributed by atoms with Crippen molar-refractivity contribution < 1.29 is 19.2 Å². The second-order valence-electron chi connectivity index (χ2n) is 5.77. The third-order valence-electron chi connectivity index (χ3n) is 4.05. The molecular formula is C18H16N2O5. The van der Waals surface area contributed by atoms with Crippen LogP contribution in [0.2, 0.25) is 0 Å². The van der Waals surface area contributed by atoms with Crippen molar-refractivity contribution in [2.24, 2.45) is 5.92 Å². The Morgan fingerprint density at radius 3 is 2.48 bits per heavy atom.